The van der Waals surface area contributed by atoms with Gasteiger partial charge in [-0.3, -0.25) is 0 Å². The van der Waals surface area contributed by atoms with Gasteiger partial charge in [0.2, 0.25) is 0 Å². The average Bonchev–Trinajstić information content (AvgIpc) is 2.39. The number of hydrogen-bond acceptors (Lipinski definition) is 4. The molecule has 1 aromatic carbocycles. The van der Waals surface area contributed by atoms with Crippen LogP contribution < -0.4 is 15.8 Å². The van der Waals surface area contributed by atoms with Gasteiger partial charge in [0.25, 0.3) is 0 Å². The van der Waals surface area contributed by atoms with Crippen molar-refractivity contribution in [1.29, 1.82) is 0 Å². The third-order valence-electron chi connectivity index (χ3n) is 2.61. The summed E-state index contributed by atoms with van der Waals surface area (Å²) in [5, 5.41) is 3.01. The van der Waals surface area contributed by atoms with Crippen molar-refractivity contribution in [1.82, 2.24) is 4.98 Å². The van der Waals surface area contributed by atoms with Crippen LogP contribution in [-0.2, 0) is 6.18 Å². The maximum Gasteiger partial charge on any atom is 0.416 e. The lowest BCUT2D eigenvalue weighted by molar-refractivity contribution is -0.137. The molecule has 0 amide bonds. The molecule has 0 saturated heterocycles. The Balaban J connectivity index is 2.38. The van der Waals surface area contributed by atoms with Crippen LogP contribution in [0.2, 0.25) is 5.02 Å². The molecule has 0 spiro atoms. The minimum absolute atomic E-state index is 0.0579. The van der Waals surface area contributed by atoms with Gasteiger partial charge in [-0.1, -0.05) is 11.6 Å². The van der Waals surface area contributed by atoms with E-state index in [1.807, 2.05) is 0 Å². The Hall–Kier alpha value is -2.15. The Kier molecular flexibility index (Phi) is 4.13. The second kappa shape index (κ2) is 5.69. The molecular formula is C13H11ClF3N3O. The van der Waals surface area contributed by atoms with E-state index in [2.05, 4.69) is 10.3 Å². The molecule has 8 heteroatoms. The molecule has 0 aliphatic rings. The standard InChI is InChI=1S/C13H11ClF3N3O/c1-21-8-2-3-9(14)10(6-8)19-12-5-7(13(15,16)17)4-11(18)20-12/h2-6H,1H3,(H3,18,19,20). The lowest BCUT2D eigenvalue weighted by Crippen LogP contribution is -2.08. The zero-order valence-corrected chi connectivity index (χ0v) is 11.6. The number of hydrogen-bond donors (Lipinski definition) is 2. The summed E-state index contributed by atoms with van der Waals surface area (Å²) in [6.07, 6.45) is -4.51. The predicted octanol–water partition coefficient (Wildman–Crippen LogP) is 4.09. The van der Waals surface area contributed by atoms with Crippen molar-refractivity contribution in [2.45, 2.75) is 6.18 Å². The Morgan fingerprint density at radius 1 is 1.24 bits per heavy atom. The fourth-order valence-electron chi connectivity index (χ4n) is 1.64. The van der Waals surface area contributed by atoms with E-state index < -0.39 is 11.7 Å². The van der Waals surface area contributed by atoms with E-state index in [0.29, 0.717) is 16.5 Å². The number of ether oxygens (including phenoxy) is 1. The Labute approximate surface area is 123 Å². The van der Waals surface area contributed by atoms with E-state index in [0.717, 1.165) is 12.1 Å². The molecule has 1 aromatic heterocycles. The normalized spacial score (nSPS) is 11.3. The smallest absolute Gasteiger partial charge is 0.416 e. The van der Waals surface area contributed by atoms with Crippen molar-refractivity contribution in [2.75, 3.05) is 18.2 Å². The maximum absolute atomic E-state index is 12.7. The summed E-state index contributed by atoms with van der Waals surface area (Å²) in [5.74, 6) is 0.200. The highest BCUT2D eigenvalue weighted by molar-refractivity contribution is 6.33. The van der Waals surface area contributed by atoms with Crippen molar-refractivity contribution in [3.05, 3.63) is 40.9 Å². The molecule has 2 aromatic rings. The largest absolute Gasteiger partial charge is 0.497 e. The van der Waals surface area contributed by atoms with E-state index in [1.54, 1.807) is 18.2 Å². The number of rotatable bonds is 3. The maximum atomic E-state index is 12.7. The fraction of sp³-hybridized carbons (Fsp3) is 0.154. The van der Waals surface area contributed by atoms with Crippen LogP contribution in [0.25, 0.3) is 0 Å². The number of anilines is 3. The molecule has 0 unspecified atom stereocenters. The number of methoxy groups -OCH3 is 1. The highest BCUT2D eigenvalue weighted by Crippen LogP contribution is 2.34. The number of benzene rings is 1. The van der Waals surface area contributed by atoms with Gasteiger partial charge in [-0.05, 0) is 24.3 Å². The van der Waals surface area contributed by atoms with Gasteiger partial charge >= 0.3 is 6.18 Å². The van der Waals surface area contributed by atoms with Crippen LogP contribution in [0.15, 0.2) is 30.3 Å². The van der Waals surface area contributed by atoms with Gasteiger partial charge in [0.05, 0.1) is 23.4 Å². The number of nitrogens with two attached hydrogens (primary N) is 1. The summed E-state index contributed by atoms with van der Waals surface area (Å²) < 4.78 is 43.2. The molecule has 0 fully saturated rings. The third-order valence-corrected chi connectivity index (χ3v) is 2.94. The monoisotopic (exact) mass is 317 g/mol. The molecule has 0 aliphatic carbocycles. The molecule has 4 nitrogen and oxygen atoms in total. The number of aromatic nitrogens is 1. The third kappa shape index (κ3) is 3.69. The average molecular weight is 318 g/mol. The van der Waals surface area contributed by atoms with Crippen molar-refractivity contribution < 1.29 is 17.9 Å². The highest BCUT2D eigenvalue weighted by Gasteiger charge is 2.31. The van der Waals surface area contributed by atoms with Crippen LogP contribution in [0.5, 0.6) is 5.75 Å². The van der Waals surface area contributed by atoms with E-state index >= 15 is 0 Å². The number of alkyl halides is 3. The van der Waals surface area contributed by atoms with E-state index in [9.17, 15) is 13.2 Å². The first-order valence-corrected chi connectivity index (χ1v) is 6.12. The second-order valence-electron chi connectivity index (χ2n) is 4.13. The zero-order valence-electron chi connectivity index (χ0n) is 10.8. The molecule has 0 radical (unpaired) electrons. The number of nitrogens with one attached hydrogen (secondary N) is 1. The topological polar surface area (TPSA) is 60.2 Å². The molecule has 21 heavy (non-hydrogen) atoms. The zero-order chi connectivity index (χ0) is 15.6. The summed E-state index contributed by atoms with van der Waals surface area (Å²) in [4.78, 5) is 3.81. The van der Waals surface area contributed by atoms with Gasteiger partial charge in [0.15, 0.2) is 0 Å². The van der Waals surface area contributed by atoms with Gasteiger partial charge in [0.1, 0.15) is 17.4 Å². The first-order valence-electron chi connectivity index (χ1n) is 5.75. The van der Waals surface area contributed by atoms with E-state index in [1.165, 1.54) is 7.11 Å². The molecule has 0 atom stereocenters. The van der Waals surface area contributed by atoms with Crippen molar-refractivity contribution >= 4 is 28.9 Å². The minimum atomic E-state index is -4.51. The Bertz CT molecular complexity index is 662. The van der Waals surface area contributed by atoms with E-state index in [4.69, 9.17) is 22.1 Å². The Morgan fingerprint density at radius 2 is 1.95 bits per heavy atom. The SMILES string of the molecule is COc1ccc(Cl)c(Nc2cc(C(F)(F)F)cc(N)n2)c1. The number of pyridine rings is 1. The highest BCUT2D eigenvalue weighted by atomic mass is 35.5. The quantitative estimate of drug-likeness (QED) is 0.895. The van der Waals surface area contributed by atoms with Crippen LogP contribution >= 0.6 is 11.6 Å². The molecule has 0 bridgehead atoms. The van der Waals surface area contributed by atoms with Crippen LogP contribution in [0.1, 0.15) is 5.56 Å². The van der Waals surface area contributed by atoms with Crippen LogP contribution in [0.4, 0.5) is 30.5 Å². The summed E-state index contributed by atoms with van der Waals surface area (Å²) in [6, 6.07) is 6.34. The summed E-state index contributed by atoms with van der Waals surface area (Å²) in [6.45, 7) is 0. The number of nitrogen functional groups attached to an aromatic ring is 1. The first-order chi connectivity index (χ1) is 9.79. The lowest BCUT2D eigenvalue weighted by Gasteiger charge is -2.12. The summed E-state index contributed by atoms with van der Waals surface area (Å²) in [7, 11) is 1.47. The molecule has 1 heterocycles. The first kappa shape index (κ1) is 15.2. The van der Waals surface area contributed by atoms with Crippen molar-refractivity contribution in [2.24, 2.45) is 0 Å². The molecule has 112 valence electrons. The predicted molar refractivity (Wildman–Crippen MR) is 74.9 cm³/mol. The van der Waals surface area contributed by atoms with Crippen molar-refractivity contribution in [3.63, 3.8) is 0 Å². The van der Waals surface area contributed by atoms with Gasteiger partial charge in [0, 0.05) is 6.07 Å². The van der Waals surface area contributed by atoms with Crippen LogP contribution in [-0.4, -0.2) is 12.1 Å². The molecule has 2 rings (SSSR count). The minimum Gasteiger partial charge on any atom is -0.497 e. The van der Waals surface area contributed by atoms with Crippen LogP contribution in [0.3, 0.4) is 0 Å². The van der Waals surface area contributed by atoms with Gasteiger partial charge in [-0.2, -0.15) is 13.2 Å². The van der Waals surface area contributed by atoms with Crippen molar-refractivity contribution in [3.8, 4) is 5.75 Å². The van der Waals surface area contributed by atoms with Gasteiger partial charge in [-0.25, -0.2) is 4.98 Å². The molecular weight excluding hydrogens is 307 g/mol. The lowest BCUT2D eigenvalue weighted by atomic mass is 10.2. The van der Waals surface area contributed by atoms with Crippen LogP contribution in [0, 0.1) is 0 Å². The molecule has 0 aliphatic heterocycles. The number of halogens is 4. The molecule has 0 saturated carbocycles. The summed E-state index contributed by atoms with van der Waals surface area (Å²) in [5.41, 5.74) is 4.87. The number of nitrogens with zero attached hydrogens (tertiary/aromatic N) is 1. The fourth-order valence-corrected chi connectivity index (χ4v) is 1.81. The molecule has 3 N–H and O–H groups in total. The van der Waals surface area contributed by atoms with E-state index in [-0.39, 0.29) is 11.6 Å². The van der Waals surface area contributed by atoms with Gasteiger partial charge < -0.3 is 15.8 Å². The second-order valence-corrected chi connectivity index (χ2v) is 4.54. The Morgan fingerprint density at radius 3 is 2.57 bits per heavy atom. The van der Waals surface area contributed by atoms with Gasteiger partial charge in [-0.15, -0.1) is 0 Å². The summed E-state index contributed by atoms with van der Waals surface area (Å²) >= 11 is 5.97.